The zero-order valence-corrected chi connectivity index (χ0v) is 24.5. The molecule has 1 fully saturated rings. The third-order valence-electron chi connectivity index (χ3n) is 8.20. The Labute approximate surface area is 235 Å². The lowest BCUT2D eigenvalue weighted by Crippen LogP contribution is -2.63. The molecule has 2 aliphatic rings. The lowest BCUT2D eigenvalue weighted by Gasteiger charge is -2.45. The first-order chi connectivity index (χ1) is 18.2. The van der Waals surface area contributed by atoms with E-state index >= 15 is 0 Å². The number of halogens is 1. The Morgan fingerprint density at radius 1 is 1.21 bits per heavy atom. The number of hydrogen-bond acceptors (Lipinski definition) is 7. The van der Waals surface area contributed by atoms with Crippen molar-refractivity contribution in [3.05, 3.63) is 46.5 Å². The van der Waals surface area contributed by atoms with E-state index in [-0.39, 0.29) is 37.0 Å². The summed E-state index contributed by atoms with van der Waals surface area (Å²) in [7, 11) is 4.64. The van der Waals surface area contributed by atoms with Gasteiger partial charge in [-0.1, -0.05) is 49.2 Å². The fourth-order valence-electron chi connectivity index (χ4n) is 5.27. The van der Waals surface area contributed by atoms with E-state index in [1.165, 1.54) is 19.1 Å². The molecule has 10 heteroatoms. The van der Waals surface area contributed by atoms with Crippen molar-refractivity contribution in [1.29, 1.82) is 0 Å². The zero-order chi connectivity index (χ0) is 29.1. The molecule has 0 aromatic heterocycles. The Kier molecular flexibility index (Phi) is 9.75. The van der Waals surface area contributed by atoms with Gasteiger partial charge in [-0.3, -0.25) is 10.1 Å². The van der Waals surface area contributed by atoms with E-state index in [4.69, 9.17) is 25.8 Å². The number of nitrogens with zero attached hydrogens (tertiary/aromatic N) is 1. The van der Waals surface area contributed by atoms with Gasteiger partial charge in [-0.05, 0) is 56.2 Å². The molecule has 0 unspecified atom stereocenters. The quantitative estimate of drug-likeness (QED) is 0.488. The predicted molar refractivity (Wildman–Crippen MR) is 150 cm³/mol. The molecule has 0 spiro atoms. The molecule has 1 aromatic carbocycles. The first-order valence-corrected chi connectivity index (χ1v) is 13.5. The number of nitrogens with one attached hydrogen (secondary N) is 1. The third kappa shape index (κ3) is 6.95. The number of amides is 2. The molecule has 0 saturated carbocycles. The summed E-state index contributed by atoms with van der Waals surface area (Å²) in [6.07, 6.45) is 3.87. The highest BCUT2D eigenvalue weighted by Crippen LogP contribution is 2.39. The van der Waals surface area contributed by atoms with Crippen molar-refractivity contribution in [3.63, 3.8) is 0 Å². The number of carbonyl (C=O) groups is 2. The third-order valence-corrected chi connectivity index (χ3v) is 8.58. The van der Waals surface area contributed by atoms with Crippen LogP contribution in [-0.2, 0) is 20.7 Å². The molecular formula is C29H41ClN2O7. The molecule has 6 atom stereocenters. The van der Waals surface area contributed by atoms with Gasteiger partial charge in [-0.25, -0.2) is 4.79 Å². The van der Waals surface area contributed by atoms with Gasteiger partial charge in [-0.15, -0.1) is 0 Å². The van der Waals surface area contributed by atoms with Gasteiger partial charge in [0.2, 0.25) is 5.91 Å². The summed E-state index contributed by atoms with van der Waals surface area (Å²) >= 11 is 6.60. The van der Waals surface area contributed by atoms with E-state index in [1.807, 2.05) is 39.0 Å². The summed E-state index contributed by atoms with van der Waals surface area (Å²) < 4.78 is 16.6. The Morgan fingerprint density at radius 2 is 1.90 bits per heavy atom. The van der Waals surface area contributed by atoms with Crippen LogP contribution in [0.25, 0.3) is 0 Å². The minimum atomic E-state index is -1.72. The number of rotatable bonds is 2. The van der Waals surface area contributed by atoms with Crippen LogP contribution in [0.4, 0.5) is 10.5 Å². The molecule has 2 amide bonds. The lowest BCUT2D eigenvalue weighted by molar-refractivity contribution is -0.151. The molecule has 0 aliphatic carbocycles. The molecule has 4 bridgehead atoms. The van der Waals surface area contributed by atoms with Gasteiger partial charge in [0, 0.05) is 27.0 Å². The summed E-state index contributed by atoms with van der Waals surface area (Å²) in [5.74, 6) is -0.481. The molecule has 2 heterocycles. The van der Waals surface area contributed by atoms with Gasteiger partial charge in [-0.2, -0.15) is 0 Å². The van der Waals surface area contributed by atoms with Crippen LogP contribution in [0.2, 0.25) is 5.02 Å². The average molecular weight is 565 g/mol. The highest BCUT2D eigenvalue weighted by Gasteiger charge is 2.48. The van der Waals surface area contributed by atoms with E-state index in [0.717, 1.165) is 11.1 Å². The van der Waals surface area contributed by atoms with Gasteiger partial charge >= 0.3 is 6.09 Å². The Hall–Kier alpha value is -2.59. The fraction of sp³-hybridized carbons (Fsp3) is 0.586. The minimum absolute atomic E-state index is 0.0532. The Morgan fingerprint density at radius 3 is 2.54 bits per heavy atom. The molecule has 216 valence electrons. The number of alkyl carbamates (subject to hydrolysis) is 1. The predicted octanol–water partition coefficient (Wildman–Crippen LogP) is 4.38. The monoisotopic (exact) mass is 564 g/mol. The molecule has 1 saturated heterocycles. The second kappa shape index (κ2) is 12.3. The largest absolute Gasteiger partial charge is 0.495 e. The van der Waals surface area contributed by atoms with Crippen molar-refractivity contribution < 1.29 is 34.0 Å². The van der Waals surface area contributed by atoms with E-state index in [2.05, 4.69) is 5.32 Å². The van der Waals surface area contributed by atoms with Gasteiger partial charge in [0.15, 0.2) is 5.72 Å². The van der Waals surface area contributed by atoms with Gasteiger partial charge in [0.1, 0.15) is 23.0 Å². The maximum Gasteiger partial charge on any atom is 0.409 e. The smallest absolute Gasteiger partial charge is 0.409 e. The minimum Gasteiger partial charge on any atom is -0.495 e. The summed E-state index contributed by atoms with van der Waals surface area (Å²) in [5.41, 5.74) is -0.581. The first kappa shape index (κ1) is 30.9. The van der Waals surface area contributed by atoms with Crippen LogP contribution < -0.4 is 15.0 Å². The van der Waals surface area contributed by atoms with Crippen molar-refractivity contribution in [2.24, 2.45) is 11.8 Å². The number of carbonyl (C=O) groups excluding carboxylic acids is 2. The number of hydrogen-bond donors (Lipinski definition) is 3. The molecule has 0 radical (unpaired) electrons. The van der Waals surface area contributed by atoms with Crippen LogP contribution in [0.1, 0.15) is 52.5 Å². The zero-order valence-electron chi connectivity index (χ0n) is 23.8. The van der Waals surface area contributed by atoms with Crippen molar-refractivity contribution in [3.8, 4) is 5.75 Å². The SMILES string of the molecule is COc1cc2cc(c1Cl)N(C)C(=O)CC[C@](C)(O)[C@@H](C)[C@H](C)[C@@H]1C[C@@](O)(NC(=O)O1)[C@H](OC)/C=C/C=C(\C)C2. The highest BCUT2D eigenvalue weighted by atomic mass is 35.5. The molecule has 1 aromatic rings. The van der Waals surface area contributed by atoms with Crippen molar-refractivity contribution in [1.82, 2.24) is 5.32 Å². The van der Waals surface area contributed by atoms with Gasteiger partial charge in [0.05, 0.1) is 18.4 Å². The van der Waals surface area contributed by atoms with Crippen molar-refractivity contribution in [2.45, 2.75) is 76.9 Å². The standard InChI is InChI=1S/C29H41ClN2O7/c1-17-9-8-10-24(38-7)29(36)16-23(39-27(34)31-29)18(2)19(3)28(4,35)12-11-25(33)32(5)21-14-20(13-17)15-22(37-6)26(21)30/h8-10,14-15,18-19,23-24,35-36H,11-13,16H2,1-7H3,(H,31,34)/b10-8+,17-9+/t18-,19-,23-,24+,28-,29-/m0/s1. The van der Waals surface area contributed by atoms with E-state index < -0.39 is 29.6 Å². The van der Waals surface area contributed by atoms with Crippen LogP contribution in [-0.4, -0.2) is 67.0 Å². The Balaban J connectivity index is 2.07. The summed E-state index contributed by atoms with van der Waals surface area (Å²) in [5, 5.41) is 25.7. The fourth-order valence-corrected chi connectivity index (χ4v) is 5.58. The summed E-state index contributed by atoms with van der Waals surface area (Å²) in [4.78, 5) is 27.2. The van der Waals surface area contributed by atoms with Gasteiger partial charge < -0.3 is 29.3 Å². The van der Waals surface area contributed by atoms with Crippen LogP contribution in [0.5, 0.6) is 5.75 Å². The molecule has 3 N–H and O–H groups in total. The maximum atomic E-state index is 13.2. The number of fused-ring (bicyclic) bond motifs is 4. The maximum absolute atomic E-state index is 13.2. The first-order valence-electron chi connectivity index (χ1n) is 13.2. The second-order valence-electron chi connectivity index (χ2n) is 11.0. The van der Waals surface area contributed by atoms with E-state index in [0.29, 0.717) is 22.9 Å². The average Bonchev–Trinajstić information content (AvgIpc) is 2.88. The van der Waals surface area contributed by atoms with Crippen molar-refractivity contribution in [2.75, 3.05) is 26.2 Å². The number of allylic oxidation sites excluding steroid dienone is 3. The topological polar surface area (TPSA) is 118 Å². The number of methoxy groups -OCH3 is 2. The van der Waals surface area contributed by atoms with Crippen LogP contribution in [0.3, 0.4) is 0 Å². The number of benzene rings is 1. The molecular weight excluding hydrogens is 524 g/mol. The Bertz CT molecular complexity index is 1130. The molecule has 2 aliphatic heterocycles. The van der Waals surface area contributed by atoms with Crippen molar-refractivity contribution >= 4 is 29.3 Å². The number of aliphatic hydroxyl groups is 2. The second-order valence-corrected chi connectivity index (χ2v) is 11.4. The molecule has 3 rings (SSSR count). The molecule has 9 nitrogen and oxygen atoms in total. The lowest BCUT2D eigenvalue weighted by atomic mass is 9.74. The van der Waals surface area contributed by atoms with Crippen LogP contribution in [0, 0.1) is 11.8 Å². The van der Waals surface area contributed by atoms with Crippen LogP contribution >= 0.6 is 11.6 Å². The highest BCUT2D eigenvalue weighted by molar-refractivity contribution is 6.35. The summed E-state index contributed by atoms with van der Waals surface area (Å²) in [6, 6.07) is 3.69. The van der Waals surface area contributed by atoms with Crippen LogP contribution in [0.15, 0.2) is 35.9 Å². The van der Waals surface area contributed by atoms with E-state index in [9.17, 15) is 19.8 Å². The van der Waals surface area contributed by atoms with Gasteiger partial charge in [0.25, 0.3) is 0 Å². The molecule has 39 heavy (non-hydrogen) atoms. The normalized spacial score (nSPS) is 34.9. The number of anilines is 1. The summed E-state index contributed by atoms with van der Waals surface area (Å²) in [6.45, 7) is 7.34. The number of ether oxygens (including phenoxy) is 3. The van der Waals surface area contributed by atoms with E-state index in [1.54, 1.807) is 26.1 Å².